The van der Waals surface area contributed by atoms with Crippen molar-refractivity contribution >= 4 is 27.5 Å². The molecule has 19 heavy (non-hydrogen) atoms. The summed E-state index contributed by atoms with van der Waals surface area (Å²) in [5.74, 6) is 0.106. The largest absolute Gasteiger partial charge is 0.384 e. The van der Waals surface area contributed by atoms with E-state index in [0.717, 1.165) is 16.6 Å². The van der Waals surface area contributed by atoms with E-state index in [2.05, 4.69) is 41.6 Å². The molecule has 1 aromatic carbocycles. The summed E-state index contributed by atoms with van der Waals surface area (Å²) in [7, 11) is 0. The molecule has 0 unspecified atom stereocenters. The number of amidine groups is 1. The molecule has 4 heteroatoms. The smallest absolute Gasteiger partial charge is 0.122 e. The minimum atomic E-state index is 0.106. The van der Waals surface area contributed by atoms with Crippen LogP contribution >= 0.6 is 15.9 Å². The fraction of sp³-hybridized carbons (Fsp3) is 0.533. The first kappa shape index (κ1) is 16.0. The summed E-state index contributed by atoms with van der Waals surface area (Å²) in [6.45, 7) is 7.69. The van der Waals surface area contributed by atoms with Gasteiger partial charge in [0, 0.05) is 22.6 Å². The first-order valence-corrected chi connectivity index (χ1v) is 7.67. The van der Waals surface area contributed by atoms with Gasteiger partial charge in [0.2, 0.25) is 0 Å². The average Bonchev–Trinajstić information content (AvgIpc) is 2.35. The SMILES string of the molecule is CCCCCN(c1ccc(C(=N)N)cc1Br)C(C)C. The van der Waals surface area contributed by atoms with Crippen molar-refractivity contribution in [3.63, 3.8) is 0 Å². The van der Waals surface area contributed by atoms with Gasteiger partial charge in [-0.05, 0) is 54.4 Å². The zero-order valence-electron chi connectivity index (χ0n) is 12.0. The summed E-state index contributed by atoms with van der Waals surface area (Å²) in [6, 6.07) is 6.34. The van der Waals surface area contributed by atoms with Gasteiger partial charge in [0.1, 0.15) is 5.84 Å². The Morgan fingerprint density at radius 1 is 1.37 bits per heavy atom. The van der Waals surface area contributed by atoms with Crippen molar-refractivity contribution in [1.29, 1.82) is 5.41 Å². The van der Waals surface area contributed by atoms with Crippen LogP contribution in [0.1, 0.15) is 45.6 Å². The van der Waals surface area contributed by atoms with Gasteiger partial charge in [-0.25, -0.2) is 0 Å². The van der Waals surface area contributed by atoms with Gasteiger partial charge < -0.3 is 10.6 Å². The highest BCUT2D eigenvalue weighted by atomic mass is 79.9. The Bertz CT molecular complexity index is 429. The lowest BCUT2D eigenvalue weighted by atomic mass is 10.1. The van der Waals surface area contributed by atoms with Gasteiger partial charge in [-0.1, -0.05) is 19.8 Å². The zero-order valence-corrected chi connectivity index (χ0v) is 13.6. The molecule has 1 rings (SSSR count). The van der Waals surface area contributed by atoms with Gasteiger partial charge in [-0.2, -0.15) is 0 Å². The highest BCUT2D eigenvalue weighted by Gasteiger charge is 2.14. The van der Waals surface area contributed by atoms with Crippen LogP contribution < -0.4 is 10.6 Å². The molecule has 0 aliphatic rings. The van der Waals surface area contributed by atoms with Crippen LogP contribution in [0.3, 0.4) is 0 Å². The first-order valence-electron chi connectivity index (χ1n) is 6.88. The normalized spacial score (nSPS) is 10.8. The Kier molecular flexibility index (Phi) is 6.35. The Balaban J connectivity index is 2.93. The van der Waals surface area contributed by atoms with Crippen molar-refractivity contribution in [2.75, 3.05) is 11.4 Å². The number of rotatable bonds is 7. The molecule has 0 aromatic heterocycles. The molecule has 0 heterocycles. The number of halogens is 1. The molecule has 3 N–H and O–H groups in total. The topological polar surface area (TPSA) is 53.1 Å². The number of anilines is 1. The maximum absolute atomic E-state index is 7.47. The van der Waals surface area contributed by atoms with Crippen LogP contribution in [0.15, 0.2) is 22.7 Å². The molecule has 0 bridgehead atoms. The van der Waals surface area contributed by atoms with E-state index in [4.69, 9.17) is 11.1 Å². The number of nitrogens with two attached hydrogens (primary N) is 1. The summed E-state index contributed by atoms with van der Waals surface area (Å²) in [4.78, 5) is 2.39. The summed E-state index contributed by atoms with van der Waals surface area (Å²) in [5, 5.41) is 7.47. The van der Waals surface area contributed by atoms with E-state index in [1.165, 1.54) is 24.9 Å². The number of nitrogens with zero attached hydrogens (tertiary/aromatic N) is 1. The molecule has 0 spiro atoms. The van der Waals surface area contributed by atoms with Crippen molar-refractivity contribution in [2.24, 2.45) is 5.73 Å². The molecule has 0 atom stereocenters. The lowest BCUT2D eigenvalue weighted by Crippen LogP contribution is -2.32. The first-order chi connectivity index (χ1) is 8.97. The van der Waals surface area contributed by atoms with Gasteiger partial charge in [0.05, 0.1) is 5.69 Å². The van der Waals surface area contributed by atoms with Crippen molar-refractivity contribution in [3.05, 3.63) is 28.2 Å². The third-order valence-corrected chi connectivity index (χ3v) is 3.83. The number of unbranched alkanes of at least 4 members (excludes halogenated alkanes) is 2. The number of hydrogen-bond donors (Lipinski definition) is 2. The van der Waals surface area contributed by atoms with E-state index in [1.54, 1.807) is 0 Å². The van der Waals surface area contributed by atoms with Crippen LogP contribution in [0.4, 0.5) is 5.69 Å². The number of nitrogen functional groups attached to an aromatic ring is 1. The molecule has 0 aliphatic heterocycles. The average molecular weight is 326 g/mol. The van der Waals surface area contributed by atoms with Crippen LogP contribution in [-0.4, -0.2) is 18.4 Å². The van der Waals surface area contributed by atoms with Gasteiger partial charge in [0.15, 0.2) is 0 Å². The number of hydrogen-bond acceptors (Lipinski definition) is 2. The molecule has 0 saturated carbocycles. The van der Waals surface area contributed by atoms with Crippen molar-refractivity contribution in [1.82, 2.24) is 0 Å². The summed E-state index contributed by atoms with van der Waals surface area (Å²) >= 11 is 3.60. The molecule has 106 valence electrons. The van der Waals surface area contributed by atoms with Crippen LogP contribution in [-0.2, 0) is 0 Å². The Morgan fingerprint density at radius 2 is 2.05 bits per heavy atom. The van der Waals surface area contributed by atoms with Crippen molar-refractivity contribution in [3.8, 4) is 0 Å². The Labute approximate surface area is 124 Å². The van der Waals surface area contributed by atoms with E-state index in [0.29, 0.717) is 6.04 Å². The van der Waals surface area contributed by atoms with E-state index < -0.39 is 0 Å². The lowest BCUT2D eigenvalue weighted by molar-refractivity contribution is 0.625. The number of nitrogens with one attached hydrogen (secondary N) is 1. The summed E-state index contributed by atoms with van der Waals surface area (Å²) < 4.78 is 1.00. The number of benzene rings is 1. The maximum atomic E-state index is 7.47. The highest BCUT2D eigenvalue weighted by Crippen LogP contribution is 2.29. The maximum Gasteiger partial charge on any atom is 0.122 e. The second-order valence-corrected chi connectivity index (χ2v) is 5.93. The standard InChI is InChI=1S/C15H24BrN3/c1-4-5-6-9-19(11(2)3)14-8-7-12(15(17)18)10-13(14)16/h7-8,10-11H,4-6,9H2,1-3H3,(H3,17,18). The summed E-state index contributed by atoms with van der Waals surface area (Å²) in [6.07, 6.45) is 3.69. The zero-order chi connectivity index (χ0) is 14.4. The van der Waals surface area contributed by atoms with Crippen LogP contribution in [0.2, 0.25) is 0 Å². The van der Waals surface area contributed by atoms with Gasteiger partial charge in [-0.3, -0.25) is 5.41 Å². The van der Waals surface area contributed by atoms with Crippen molar-refractivity contribution < 1.29 is 0 Å². The molecule has 0 radical (unpaired) electrons. The van der Waals surface area contributed by atoms with Crippen molar-refractivity contribution in [2.45, 2.75) is 46.1 Å². The molecule has 3 nitrogen and oxygen atoms in total. The minimum absolute atomic E-state index is 0.106. The minimum Gasteiger partial charge on any atom is -0.384 e. The predicted octanol–water partition coefficient (Wildman–Crippen LogP) is 4.14. The molecule has 1 aromatic rings. The predicted molar refractivity (Wildman–Crippen MR) is 87.2 cm³/mol. The molecule has 0 aliphatic carbocycles. The highest BCUT2D eigenvalue weighted by molar-refractivity contribution is 9.10. The third kappa shape index (κ3) is 4.53. The monoisotopic (exact) mass is 325 g/mol. The molecular weight excluding hydrogens is 302 g/mol. The molecule has 0 fully saturated rings. The quantitative estimate of drug-likeness (QED) is 0.449. The fourth-order valence-corrected chi connectivity index (χ4v) is 2.70. The lowest BCUT2D eigenvalue weighted by Gasteiger charge is -2.30. The molecular formula is C15H24BrN3. The van der Waals surface area contributed by atoms with Gasteiger partial charge in [0.25, 0.3) is 0 Å². The van der Waals surface area contributed by atoms with E-state index >= 15 is 0 Å². The third-order valence-electron chi connectivity index (χ3n) is 3.19. The van der Waals surface area contributed by atoms with Gasteiger partial charge >= 0.3 is 0 Å². The van der Waals surface area contributed by atoms with E-state index in [-0.39, 0.29) is 5.84 Å². The molecule has 0 amide bonds. The Morgan fingerprint density at radius 3 is 2.53 bits per heavy atom. The van der Waals surface area contributed by atoms with Gasteiger partial charge in [-0.15, -0.1) is 0 Å². The summed E-state index contributed by atoms with van der Waals surface area (Å²) in [5.41, 5.74) is 7.45. The second-order valence-electron chi connectivity index (χ2n) is 5.07. The van der Waals surface area contributed by atoms with Crippen LogP contribution in [0, 0.1) is 5.41 Å². The van der Waals surface area contributed by atoms with Crippen LogP contribution in [0.5, 0.6) is 0 Å². The van der Waals surface area contributed by atoms with E-state index in [9.17, 15) is 0 Å². The van der Waals surface area contributed by atoms with E-state index in [1.807, 2.05) is 18.2 Å². The molecule has 0 saturated heterocycles. The Hall–Kier alpha value is -1.03. The van der Waals surface area contributed by atoms with Crippen LogP contribution in [0.25, 0.3) is 0 Å². The fourth-order valence-electron chi connectivity index (χ4n) is 2.10. The second kappa shape index (κ2) is 7.53.